The maximum absolute atomic E-state index is 11.1. The van der Waals surface area contributed by atoms with Gasteiger partial charge in [-0.3, -0.25) is 4.68 Å². The topological polar surface area (TPSA) is 81.1 Å². The Morgan fingerprint density at radius 1 is 1.58 bits per heavy atom. The van der Waals surface area contributed by atoms with Crippen LogP contribution in [0.3, 0.4) is 0 Å². The Balaban J connectivity index is 2.19. The average molecular weight is 342 g/mol. The summed E-state index contributed by atoms with van der Waals surface area (Å²) in [6.07, 6.45) is 1.37. The van der Waals surface area contributed by atoms with Gasteiger partial charge in [-0.1, -0.05) is 0 Å². The van der Waals surface area contributed by atoms with Crippen molar-refractivity contribution in [2.45, 2.75) is 10.6 Å². The number of nitrogens with two attached hydrogens (primary N) is 1. The third-order valence-corrected chi connectivity index (χ3v) is 4.62. The minimum atomic E-state index is -0.958. The molecule has 1 heterocycles. The van der Waals surface area contributed by atoms with Crippen LogP contribution in [0.4, 0.5) is 5.69 Å². The molecule has 1 aromatic heterocycles. The summed E-state index contributed by atoms with van der Waals surface area (Å²) in [5.74, 6) is -0.430. The zero-order valence-electron chi connectivity index (χ0n) is 10.1. The van der Waals surface area contributed by atoms with Crippen LogP contribution in [-0.4, -0.2) is 20.9 Å². The van der Waals surface area contributed by atoms with Gasteiger partial charge in [0.25, 0.3) is 0 Å². The molecule has 0 saturated heterocycles. The molecule has 2 rings (SSSR count). The molecule has 0 radical (unpaired) electrons. The van der Waals surface area contributed by atoms with Gasteiger partial charge in [0.2, 0.25) is 0 Å². The quantitative estimate of drug-likeness (QED) is 0.660. The van der Waals surface area contributed by atoms with E-state index in [9.17, 15) is 4.79 Å². The van der Waals surface area contributed by atoms with Crippen molar-refractivity contribution in [1.82, 2.24) is 9.78 Å². The van der Waals surface area contributed by atoms with Gasteiger partial charge in [0.1, 0.15) is 5.56 Å². The van der Waals surface area contributed by atoms with Crippen molar-refractivity contribution >= 4 is 39.3 Å². The summed E-state index contributed by atoms with van der Waals surface area (Å²) in [5, 5.41) is 13.1. The van der Waals surface area contributed by atoms with E-state index in [0.29, 0.717) is 17.1 Å². The molecule has 0 saturated carbocycles. The highest BCUT2D eigenvalue weighted by atomic mass is 79.9. The maximum Gasteiger partial charge on any atom is 0.339 e. The second kappa shape index (κ2) is 5.66. The first-order chi connectivity index (χ1) is 8.99. The number of carboxylic acid groups (broad SMARTS) is 1. The Morgan fingerprint density at radius 2 is 2.32 bits per heavy atom. The first-order valence-electron chi connectivity index (χ1n) is 5.41. The fourth-order valence-electron chi connectivity index (χ4n) is 1.59. The second-order valence-electron chi connectivity index (χ2n) is 3.91. The van der Waals surface area contributed by atoms with E-state index in [1.54, 1.807) is 11.7 Å². The molecule has 19 heavy (non-hydrogen) atoms. The number of aromatic carboxylic acids is 1. The lowest BCUT2D eigenvalue weighted by Crippen LogP contribution is -2.03. The molecule has 2 aromatic rings. The van der Waals surface area contributed by atoms with Crippen molar-refractivity contribution in [2.75, 3.05) is 5.73 Å². The number of hydrogen-bond donors (Lipinski definition) is 2. The van der Waals surface area contributed by atoms with E-state index in [1.165, 1.54) is 18.0 Å². The summed E-state index contributed by atoms with van der Waals surface area (Å²) in [6.45, 7) is 0. The van der Waals surface area contributed by atoms with Gasteiger partial charge in [0.05, 0.1) is 11.9 Å². The predicted octanol–water partition coefficient (Wildman–Crippen LogP) is 2.76. The Morgan fingerprint density at radius 3 is 2.95 bits per heavy atom. The summed E-state index contributed by atoms with van der Waals surface area (Å²) < 4.78 is 2.48. The number of carboxylic acids is 1. The SMILES string of the molecule is Cn1ncc(C(=O)O)c1CSc1ccc(N)cc1Br. The number of aromatic nitrogens is 2. The van der Waals surface area contributed by atoms with Gasteiger partial charge in [-0.15, -0.1) is 11.8 Å². The summed E-state index contributed by atoms with van der Waals surface area (Å²) >= 11 is 4.97. The lowest BCUT2D eigenvalue weighted by molar-refractivity contribution is 0.0696. The lowest BCUT2D eigenvalue weighted by Gasteiger charge is -2.06. The van der Waals surface area contributed by atoms with Crippen molar-refractivity contribution in [1.29, 1.82) is 0 Å². The van der Waals surface area contributed by atoms with E-state index in [2.05, 4.69) is 21.0 Å². The molecule has 100 valence electrons. The van der Waals surface area contributed by atoms with Gasteiger partial charge in [0, 0.05) is 27.9 Å². The highest BCUT2D eigenvalue weighted by Gasteiger charge is 2.15. The molecule has 0 aliphatic carbocycles. The number of nitrogen functional groups attached to an aromatic ring is 1. The Bertz CT molecular complexity index is 627. The summed E-state index contributed by atoms with van der Waals surface area (Å²) in [7, 11) is 1.74. The van der Waals surface area contributed by atoms with Gasteiger partial charge in [-0.25, -0.2) is 4.79 Å². The van der Waals surface area contributed by atoms with Gasteiger partial charge >= 0.3 is 5.97 Å². The van der Waals surface area contributed by atoms with Crippen molar-refractivity contribution in [3.05, 3.63) is 40.1 Å². The highest BCUT2D eigenvalue weighted by Crippen LogP contribution is 2.32. The lowest BCUT2D eigenvalue weighted by atomic mass is 10.3. The minimum Gasteiger partial charge on any atom is -0.478 e. The van der Waals surface area contributed by atoms with Gasteiger partial charge < -0.3 is 10.8 Å². The van der Waals surface area contributed by atoms with Gasteiger partial charge in [-0.2, -0.15) is 5.10 Å². The molecule has 0 aliphatic heterocycles. The summed E-state index contributed by atoms with van der Waals surface area (Å²) in [6, 6.07) is 5.54. The van der Waals surface area contributed by atoms with Crippen molar-refractivity contribution in [3.8, 4) is 0 Å². The van der Waals surface area contributed by atoms with E-state index < -0.39 is 5.97 Å². The van der Waals surface area contributed by atoms with Crippen molar-refractivity contribution in [3.63, 3.8) is 0 Å². The molecule has 0 fully saturated rings. The number of thioether (sulfide) groups is 1. The van der Waals surface area contributed by atoms with Crippen LogP contribution < -0.4 is 5.73 Å². The van der Waals surface area contributed by atoms with Crippen LogP contribution in [0.1, 0.15) is 16.1 Å². The van der Waals surface area contributed by atoms with Crippen LogP contribution in [0.15, 0.2) is 33.8 Å². The predicted molar refractivity (Wildman–Crippen MR) is 78.3 cm³/mol. The van der Waals surface area contributed by atoms with Crippen LogP contribution in [-0.2, 0) is 12.8 Å². The first kappa shape index (κ1) is 14.0. The molecule has 0 bridgehead atoms. The van der Waals surface area contributed by atoms with E-state index in [0.717, 1.165) is 9.37 Å². The van der Waals surface area contributed by atoms with Gasteiger partial charge in [0.15, 0.2) is 0 Å². The number of anilines is 1. The summed E-state index contributed by atoms with van der Waals surface area (Å²) in [5.41, 5.74) is 7.28. The molecule has 0 unspecified atom stereocenters. The van der Waals surface area contributed by atoms with Crippen LogP contribution >= 0.6 is 27.7 Å². The minimum absolute atomic E-state index is 0.238. The molecule has 0 amide bonds. The fourth-order valence-corrected chi connectivity index (χ4v) is 3.33. The molecule has 1 aromatic carbocycles. The molecule has 0 atom stereocenters. The van der Waals surface area contributed by atoms with Crippen LogP contribution in [0.2, 0.25) is 0 Å². The third kappa shape index (κ3) is 3.10. The molecule has 5 nitrogen and oxygen atoms in total. The molecule has 0 spiro atoms. The molecule has 3 N–H and O–H groups in total. The van der Waals surface area contributed by atoms with E-state index in [1.807, 2.05) is 18.2 Å². The zero-order chi connectivity index (χ0) is 14.0. The molecular formula is C12H12BrN3O2S. The average Bonchev–Trinajstić information content (AvgIpc) is 2.70. The van der Waals surface area contributed by atoms with E-state index in [-0.39, 0.29) is 5.56 Å². The Kier molecular flexibility index (Phi) is 4.16. The van der Waals surface area contributed by atoms with Crippen molar-refractivity contribution in [2.24, 2.45) is 7.05 Å². The number of hydrogen-bond acceptors (Lipinski definition) is 4. The first-order valence-corrected chi connectivity index (χ1v) is 7.19. The van der Waals surface area contributed by atoms with Crippen LogP contribution in [0, 0.1) is 0 Å². The van der Waals surface area contributed by atoms with E-state index >= 15 is 0 Å². The number of nitrogens with zero attached hydrogens (tertiary/aromatic N) is 2. The Hall–Kier alpha value is -1.47. The number of rotatable bonds is 4. The standard InChI is InChI=1S/C12H12BrN3O2S/c1-16-10(8(5-15-16)12(17)18)6-19-11-3-2-7(14)4-9(11)13/h2-5H,6,14H2,1H3,(H,17,18). The summed E-state index contributed by atoms with van der Waals surface area (Å²) in [4.78, 5) is 12.1. The number of carbonyl (C=O) groups is 1. The normalized spacial score (nSPS) is 10.6. The third-order valence-electron chi connectivity index (χ3n) is 2.61. The smallest absolute Gasteiger partial charge is 0.339 e. The largest absolute Gasteiger partial charge is 0.478 e. The van der Waals surface area contributed by atoms with E-state index in [4.69, 9.17) is 10.8 Å². The van der Waals surface area contributed by atoms with Gasteiger partial charge in [-0.05, 0) is 34.1 Å². The number of halogens is 1. The molecule has 0 aliphatic rings. The monoisotopic (exact) mass is 341 g/mol. The fraction of sp³-hybridized carbons (Fsp3) is 0.167. The molecular weight excluding hydrogens is 330 g/mol. The van der Waals surface area contributed by atoms with Crippen LogP contribution in [0.5, 0.6) is 0 Å². The van der Waals surface area contributed by atoms with Crippen molar-refractivity contribution < 1.29 is 9.90 Å². The number of benzene rings is 1. The highest BCUT2D eigenvalue weighted by molar-refractivity contribution is 9.10. The maximum atomic E-state index is 11.1. The molecule has 7 heteroatoms. The number of aryl methyl sites for hydroxylation is 1. The second-order valence-corrected chi connectivity index (χ2v) is 5.78. The van der Waals surface area contributed by atoms with Crippen LogP contribution in [0.25, 0.3) is 0 Å². The zero-order valence-corrected chi connectivity index (χ0v) is 12.5. The Labute approximate surface area is 122 Å².